The van der Waals surface area contributed by atoms with Crippen molar-refractivity contribution in [1.82, 2.24) is 15.2 Å². The summed E-state index contributed by atoms with van der Waals surface area (Å²) in [6, 6.07) is 9.37. The van der Waals surface area contributed by atoms with E-state index in [1.54, 1.807) is 19.5 Å². The maximum Gasteiger partial charge on any atom is 0.322 e. The summed E-state index contributed by atoms with van der Waals surface area (Å²) < 4.78 is 5.33. The van der Waals surface area contributed by atoms with Crippen LogP contribution in [0, 0.1) is 0 Å². The van der Waals surface area contributed by atoms with Crippen LogP contribution in [0.1, 0.15) is 12.0 Å². The first-order valence-corrected chi connectivity index (χ1v) is 9.19. The predicted molar refractivity (Wildman–Crippen MR) is 112 cm³/mol. The third-order valence-electron chi connectivity index (χ3n) is 4.68. The van der Waals surface area contributed by atoms with Gasteiger partial charge in [0.25, 0.3) is 11.8 Å². The molecular formula is C21H21N3NaO6. The summed E-state index contributed by atoms with van der Waals surface area (Å²) in [5.41, 5.74) is 2.24. The molecule has 2 heterocycles. The number of carbonyl (C=O) groups is 3. The van der Waals surface area contributed by atoms with Crippen molar-refractivity contribution in [3.05, 3.63) is 59.6 Å². The second-order valence-electron chi connectivity index (χ2n) is 6.65. The molecule has 0 saturated carbocycles. The van der Waals surface area contributed by atoms with Gasteiger partial charge in [0, 0.05) is 60.8 Å². The predicted octanol–water partition coefficient (Wildman–Crippen LogP) is 1.12. The van der Waals surface area contributed by atoms with Gasteiger partial charge in [-0.1, -0.05) is 24.3 Å². The molecule has 2 amide bonds. The Kier molecular flexibility index (Phi) is 8.61. The molecule has 1 radical (unpaired) electrons. The number of rotatable bonds is 7. The molecule has 1 aliphatic rings. The van der Waals surface area contributed by atoms with Crippen LogP contribution >= 0.6 is 0 Å². The van der Waals surface area contributed by atoms with Gasteiger partial charge in [-0.3, -0.25) is 19.4 Å². The van der Waals surface area contributed by atoms with Crippen molar-refractivity contribution in [3.63, 3.8) is 0 Å². The molecule has 31 heavy (non-hydrogen) atoms. The van der Waals surface area contributed by atoms with Crippen molar-refractivity contribution in [1.29, 1.82) is 0 Å². The molecule has 0 unspecified atom stereocenters. The van der Waals surface area contributed by atoms with Crippen molar-refractivity contribution in [2.75, 3.05) is 20.2 Å². The smallest absolute Gasteiger partial charge is 0.322 e. The maximum atomic E-state index is 12.7. The fourth-order valence-electron chi connectivity index (χ4n) is 3.16. The van der Waals surface area contributed by atoms with E-state index in [0.717, 1.165) is 16.7 Å². The number of aliphatic hydroxyl groups excluding tert-OH is 1. The monoisotopic (exact) mass is 434 g/mol. The van der Waals surface area contributed by atoms with E-state index in [-0.39, 0.29) is 54.8 Å². The molecule has 3 rings (SSSR count). The third kappa shape index (κ3) is 5.84. The fraction of sp³-hybridized carbons (Fsp3) is 0.238. The average molecular weight is 434 g/mol. The van der Waals surface area contributed by atoms with E-state index >= 15 is 0 Å². The van der Waals surface area contributed by atoms with Gasteiger partial charge in [-0.05, 0) is 17.2 Å². The fourth-order valence-corrected chi connectivity index (χ4v) is 3.16. The molecule has 157 valence electrons. The standard InChI is InChI=1S/C21H21N3O6.Na/c1-30-17-10-22-8-6-15(17)14-4-2-13(3-5-14)12-24-9-7-16(25)19(21(24)29)20(28)23-11-18(26)27;/h2-6,8,10,25H,7,9,11-12H2,1H3,(H,23,28)(H,26,27);. The Hall–Kier alpha value is -2.88. The van der Waals surface area contributed by atoms with Gasteiger partial charge in [-0.2, -0.15) is 0 Å². The molecule has 3 N–H and O–H groups in total. The number of nitrogens with one attached hydrogen (secondary N) is 1. The minimum atomic E-state index is -1.24. The van der Waals surface area contributed by atoms with Crippen molar-refractivity contribution in [2.45, 2.75) is 13.0 Å². The van der Waals surface area contributed by atoms with Gasteiger partial charge >= 0.3 is 5.97 Å². The number of aliphatic hydroxyl groups is 1. The Bertz CT molecular complexity index is 1010. The molecule has 9 nitrogen and oxygen atoms in total. The maximum absolute atomic E-state index is 12.7. The topological polar surface area (TPSA) is 129 Å². The SMILES string of the molecule is COc1cnccc1-c1ccc(CN2CCC(O)=C(C(=O)NCC(=O)O)C2=O)cc1.[Na]. The number of aliphatic carboxylic acids is 1. The molecule has 1 aromatic carbocycles. The van der Waals surface area contributed by atoms with E-state index in [2.05, 4.69) is 10.3 Å². The molecule has 0 atom stereocenters. The Balaban J connectivity index is 0.00000341. The number of benzene rings is 1. The number of ether oxygens (including phenoxy) is 1. The largest absolute Gasteiger partial charge is 0.511 e. The van der Waals surface area contributed by atoms with E-state index in [0.29, 0.717) is 5.75 Å². The van der Waals surface area contributed by atoms with Crippen LogP contribution in [0.25, 0.3) is 11.1 Å². The van der Waals surface area contributed by atoms with Gasteiger partial charge in [-0.25, -0.2) is 0 Å². The Morgan fingerprint density at radius 1 is 1.23 bits per heavy atom. The summed E-state index contributed by atoms with van der Waals surface area (Å²) in [4.78, 5) is 40.9. The number of methoxy groups -OCH3 is 1. The molecule has 0 bridgehead atoms. The molecule has 0 fully saturated rings. The molecule has 1 aromatic heterocycles. The minimum absolute atomic E-state index is 0. The van der Waals surface area contributed by atoms with Gasteiger partial charge in [-0.15, -0.1) is 0 Å². The number of hydrogen-bond donors (Lipinski definition) is 3. The minimum Gasteiger partial charge on any atom is -0.511 e. The van der Waals surface area contributed by atoms with E-state index < -0.39 is 29.9 Å². The van der Waals surface area contributed by atoms with Crippen molar-refractivity contribution in [3.8, 4) is 16.9 Å². The van der Waals surface area contributed by atoms with Gasteiger partial charge in [0.05, 0.1) is 13.3 Å². The number of aromatic nitrogens is 1. The van der Waals surface area contributed by atoms with E-state index in [1.165, 1.54) is 4.90 Å². The third-order valence-corrected chi connectivity index (χ3v) is 4.68. The number of pyridine rings is 1. The van der Waals surface area contributed by atoms with Gasteiger partial charge < -0.3 is 25.2 Å². The summed E-state index contributed by atoms with van der Waals surface area (Å²) >= 11 is 0. The van der Waals surface area contributed by atoms with Gasteiger partial charge in [0.15, 0.2) is 0 Å². The zero-order valence-electron chi connectivity index (χ0n) is 17.3. The molecule has 1 aliphatic heterocycles. The summed E-state index contributed by atoms with van der Waals surface area (Å²) in [5, 5.41) is 20.8. The first-order valence-electron chi connectivity index (χ1n) is 9.19. The summed E-state index contributed by atoms with van der Waals surface area (Å²) in [6.45, 7) is -0.140. The van der Waals surface area contributed by atoms with Gasteiger partial charge in [0.1, 0.15) is 23.6 Å². The normalized spacial score (nSPS) is 13.5. The van der Waals surface area contributed by atoms with Crippen LogP contribution in [0.2, 0.25) is 0 Å². The second-order valence-corrected chi connectivity index (χ2v) is 6.65. The Morgan fingerprint density at radius 3 is 2.58 bits per heavy atom. The van der Waals surface area contributed by atoms with Crippen LogP contribution in [0.4, 0.5) is 0 Å². The summed E-state index contributed by atoms with van der Waals surface area (Å²) in [5.74, 6) is -2.46. The number of hydrogen-bond acceptors (Lipinski definition) is 6. The van der Waals surface area contributed by atoms with Crippen LogP contribution in [0.15, 0.2) is 54.1 Å². The molecular weight excluding hydrogens is 413 g/mol. The second kappa shape index (κ2) is 10.9. The summed E-state index contributed by atoms with van der Waals surface area (Å²) in [7, 11) is 1.57. The van der Waals surface area contributed by atoms with Gasteiger partial charge in [0.2, 0.25) is 0 Å². The van der Waals surface area contributed by atoms with Crippen LogP contribution in [-0.4, -0.2) is 87.6 Å². The Morgan fingerprint density at radius 2 is 1.94 bits per heavy atom. The number of carboxylic acids is 1. The van der Waals surface area contributed by atoms with E-state index in [4.69, 9.17) is 9.84 Å². The molecule has 0 spiro atoms. The van der Waals surface area contributed by atoms with Crippen LogP contribution in [0.5, 0.6) is 5.75 Å². The first kappa shape index (κ1) is 24.4. The zero-order valence-corrected chi connectivity index (χ0v) is 19.3. The molecule has 0 aliphatic carbocycles. The molecule has 0 saturated heterocycles. The Labute approximate surface area is 201 Å². The first-order chi connectivity index (χ1) is 14.4. The zero-order chi connectivity index (χ0) is 21.7. The number of amides is 2. The summed E-state index contributed by atoms with van der Waals surface area (Å²) in [6.07, 6.45) is 3.42. The quantitative estimate of drug-likeness (QED) is 0.440. The number of nitrogens with zero attached hydrogens (tertiary/aromatic N) is 2. The molecule has 10 heteroatoms. The van der Waals surface area contributed by atoms with Crippen molar-refractivity contribution < 1.29 is 29.3 Å². The van der Waals surface area contributed by atoms with Crippen LogP contribution in [0.3, 0.4) is 0 Å². The van der Waals surface area contributed by atoms with Crippen LogP contribution < -0.4 is 10.1 Å². The average Bonchev–Trinajstić information content (AvgIpc) is 2.75. The van der Waals surface area contributed by atoms with Crippen molar-refractivity contribution >= 4 is 47.3 Å². The van der Waals surface area contributed by atoms with E-state index in [9.17, 15) is 19.5 Å². The van der Waals surface area contributed by atoms with E-state index in [1.807, 2.05) is 30.3 Å². The molecule has 2 aromatic rings. The van der Waals surface area contributed by atoms with Crippen molar-refractivity contribution in [2.24, 2.45) is 0 Å². The van der Waals surface area contributed by atoms with Crippen LogP contribution in [-0.2, 0) is 20.9 Å². The number of carboxylic acid groups (broad SMARTS) is 1. The number of carbonyl (C=O) groups excluding carboxylic acids is 2.